The number of hydrazine groups is 1. The van der Waals surface area contributed by atoms with Crippen molar-refractivity contribution in [2.45, 2.75) is 11.3 Å². The van der Waals surface area contributed by atoms with Crippen LogP contribution >= 0.6 is 0 Å². The van der Waals surface area contributed by atoms with E-state index in [1.54, 1.807) is 13.1 Å². The fraction of sp³-hybridized carbons (Fsp3) is 0.143. The number of rotatable bonds is 4. The van der Waals surface area contributed by atoms with Crippen molar-refractivity contribution in [3.05, 3.63) is 48.0 Å². The van der Waals surface area contributed by atoms with E-state index in [4.69, 9.17) is 0 Å². The highest BCUT2D eigenvalue weighted by Gasteiger charge is 2.26. The highest BCUT2D eigenvalue weighted by molar-refractivity contribution is 7.89. The van der Waals surface area contributed by atoms with Crippen LogP contribution in [0.3, 0.4) is 0 Å². The van der Waals surface area contributed by atoms with Crippen LogP contribution in [0.5, 0.6) is 0 Å². The Morgan fingerprint density at radius 2 is 2.08 bits per heavy atom. The van der Waals surface area contributed by atoms with E-state index in [2.05, 4.69) is 15.4 Å². The first kappa shape index (κ1) is 16.0. The topological polar surface area (TPSA) is 121 Å². The summed E-state index contributed by atoms with van der Waals surface area (Å²) in [6.45, 7) is 0. The first-order valence-corrected chi connectivity index (χ1v) is 8.34. The van der Waals surface area contributed by atoms with Crippen LogP contribution in [0, 0.1) is 0 Å². The minimum Gasteiger partial charge on any atom is -0.315 e. The molecule has 0 fully saturated rings. The SMILES string of the molecule is CN1C(=O)Cc2cc(S(=O)(=O)NNC(=O)c3cnccn3)ccc21. The number of carbonyl (C=O) groups excluding carboxylic acids is 2. The second kappa shape index (κ2) is 5.98. The number of benzene rings is 1. The summed E-state index contributed by atoms with van der Waals surface area (Å²) < 4.78 is 24.5. The summed E-state index contributed by atoms with van der Waals surface area (Å²) in [6.07, 6.45) is 4.06. The Labute approximate surface area is 137 Å². The molecule has 0 spiro atoms. The van der Waals surface area contributed by atoms with E-state index in [0.29, 0.717) is 11.3 Å². The minimum atomic E-state index is -3.98. The standard InChI is InChI=1S/C14H13N5O4S/c1-19-12-3-2-10(6-9(12)7-13(19)20)24(22,23)18-17-14(21)11-8-15-4-5-16-11/h2-6,8,18H,7H2,1H3,(H,17,21). The minimum absolute atomic E-state index is 0.0265. The van der Waals surface area contributed by atoms with E-state index < -0.39 is 15.9 Å². The third-order valence-electron chi connectivity index (χ3n) is 3.53. The molecule has 0 atom stereocenters. The van der Waals surface area contributed by atoms with Gasteiger partial charge in [0.15, 0.2) is 0 Å². The molecule has 3 rings (SSSR count). The van der Waals surface area contributed by atoms with Gasteiger partial charge in [-0.05, 0) is 23.8 Å². The number of nitrogens with one attached hydrogen (secondary N) is 2. The zero-order chi connectivity index (χ0) is 17.3. The summed E-state index contributed by atoms with van der Waals surface area (Å²) in [4.78, 5) is 34.4. The van der Waals surface area contributed by atoms with Crippen LogP contribution in [0.1, 0.15) is 16.1 Å². The molecular formula is C14H13N5O4S. The Hall–Kier alpha value is -2.85. The summed E-state index contributed by atoms with van der Waals surface area (Å²) in [5, 5.41) is 0. The van der Waals surface area contributed by atoms with Crippen molar-refractivity contribution in [2.75, 3.05) is 11.9 Å². The maximum absolute atomic E-state index is 12.3. The highest BCUT2D eigenvalue weighted by Crippen LogP contribution is 2.29. The van der Waals surface area contributed by atoms with Gasteiger partial charge in [0.1, 0.15) is 5.69 Å². The number of sulfonamides is 1. The lowest BCUT2D eigenvalue weighted by Gasteiger charge is -2.11. The fourth-order valence-corrected chi connectivity index (χ4v) is 3.16. The molecule has 2 N–H and O–H groups in total. The van der Waals surface area contributed by atoms with Crippen molar-refractivity contribution >= 4 is 27.5 Å². The van der Waals surface area contributed by atoms with Gasteiger partial charge in [0.05, 0.1) is 17.5 Å². The van der Waals surface area contributed by atoms with E-state index in [-0.39, 0.29) is 22.9 Å². The van der Waals surface area contributed by atoms with Crippen molar-refractivity contribution in [3.63, 3.8) is 0 Å². The van der Waals surface area contributed by atoms with Gasteiger partial charge in [0.25, 0.3) is 15.9 Å². The van der Waals surface area contributed by atoms with Crippen LogP contribution in [-0.4, -0.2) is 37.2 Å². The van der Waals surface area contributed by atoms with Crippen molar-refractivity contribution < 1.29 is 18.0 Å². The molecule has 24 heavy (non-hydrogen) atoms. The predicted molar refractivity (Wildman–Crippen MR) is 83.4 cm³/mol. The molecule has 0 unspecified atom stereocenters. The van der Waals surface area contributed by atoms with Crippen molar-refractivity contribution in [1.82, 2.24) is 20.2 Å². The highest BCUT2D eigenvalue weighted by atomic mass is 32.2. The molecule has 0 aliphatic carbocycles. The first-order valence-electron chi connectivity index (χ1n) is 6.86. The van der Waals surface area contributed by atoms with Gasteiger partial charge in [0.2, 0.25) is 5.91 Å². The molecule has 2 aromatic rings. The number of hydrogen-bond acceptors (Lipinski definition) is 6. The number of nitrogens with zero attached hydrogens (tertiary/aromatic N) is 3. The van der Waals surface area contributed by atoms with Gasteiger partial charge in [0, 0.05) is 25.1 Å². The summed E-state index contributed by atoms with van der Waals surface area (Å²) in [5.74, 6) is -0.841. The van der Waals surface area contributed by atoms with Crippen LogP contribution in [0.2, 0.25) is 0 Å². The number of likely N-dealkylation sites (N-methyl/N-ethyl adjacent to an activating group) is 1. The molecule has 2 amide bonds. The van der Waals surface area contributed by atoms with Crippen molar-refractivity contribution in [2.24, 2.45) is 0 Å². The van der Waals surface area contributed by atoms with E-state index in [1.165, 1.54) is 35.6 Å². The second-order valence-electron chi connectivity index (χ2n) is 5.07. The molecular weight excluding hydrogens is 334 g/mol. The number of aromatic nitrogens is 2. The Bertz CT molecular complexity index is 914. The number of carbonyl (C=O) groups is 2. The maximum Gasteiger partial charge on any atom is 0.286 e. The monoisotopic (exact) mass is 347 g/mol. The molecule has 0 saturated carbocycles. The summed E-state index contributed by atoms with van der Waals surface area (Å²) in [5.41, 5.74) is 3.33. The summed E-state index contributed by atoms with van der Waals surface area (Å²) in [6, 6.07) is 4.33. The van der Waals surface area contributed by atoms with Gasteiger partial charge in [-0.2, -0.15) is 0 Å². The van der Waals surface area contributed by atoms with Gasteiger partial charge in [-0.25, -0.2) is 13.4 Å². The summed E-state index contributed by atoms with van der Waals surface area (Å²) >= 11 is 0. The van der Waals surface area contributed by atoms with E-state index in [0.717, 1.165) is 0 Å². The fourth-order valence-electron chi connectivity index (χ4n) is 2.27. The smallest absolute Gasteiger partial charge is 0.286 e. The largest absolute Gasteiger partial charge is 0.315 e. The quantitative estimate of drug-likeness (QED) is 0.727. The number of hydrogen-bond donors (Lipinski definition) is 2. The van der Waals surface area contributed by atoms with Crippen LogP contribution in [0.4, 0.5) is 5.69 Å². The third-order valence-corrected chi connectivity index (χ3v) is 4.78. The molecule has 0 saturated heterocycles. The number of fused-ring (bicyclic) bond motifs is 1. The van der Waals surface area contributed by atoms with Gasteiger partial charge in [-0.1, -0.05) is 0 Å². The maximum atomic E-state index is 12.3. The van der Waals surface area contributed by atoms with Gasteiger partial charge in [-0.15, -0.1) is 4.83 Å². The molecule has 1 aromatic heterocycles. The lowest BCUT2D eigenvalue weighted by molar-refractivity contribution is -0.117. The Morgan fingerprint density at radius 1 is 1.29 bits per heavy atom. The molecule has 0 radical (unpaired) electrons. The van der Waals surface area contributed by atoms with E-state index in [1.807, 2.05) is 4.83 Å². The lowest BCUT2D eigenvalue weighted by atomic mass is 10.2. The van der Waals surface area contributed by atoms with Crippen molar-refractivity contribution in [1.29, 1.82) is 0 Å². The molecule has 9 nitrogen and oxygen atoms in total. The molecule has 10 heteroatoms. The van der Waals surface area contributed by atoms with Gasteiger partial charge < -0.3 is 4.90 Å². The van der Waals surface area contributed by atoms with Crippen LogP contribution in [0.25, 0.3) is 0 Å². The molecule has 1 aliphatic rings. The van der Waals surface area contributed by atoms with Gasteiger partial charge in [-0.3, -0.25) is 20.0 Å². The molecule has 2 heterocycles. The Morgan fingerprint density at radius 3 is 2.79 bits per heavy atom. The van der Waals surface area contributed by atoms with Gasteiger partial charge >= 0.3 is 0 Å². The average Bonchev–Trinajstić information content (AvgIpc) is 2.87. The average molecular weight is 347 g/mol. The van der Waals surface area contributed by atoms with Crippen molar-refractivity contribution in [3.8, 4) is 0 Å². The molecule has 124 valence electrons. The van der Waals surface area contributed by atoms with Crippen LogP contribution in [0.15, 0.2) is 41.7 Å². The Kier molecular flexibility index (Phi) is 3.99. The molecule has 1 aromatic carbocycles. The molecule has 0 bridgehead atoms. The van der Waals surface area contributed by atoms with Crippen LogP contribution in [-0.2, 0) is 21.2 Å². The summed E-state index contributed by atoms with van der Waals surface area (Å²) in [7, 11) is -2.35. The Balaban J connectivity index is 1.76. The van der Waals surface area contributed by atoms with Crippen LogP contribution < -0.4 is 15.2 Å². The second-order valence-corrected chi connectivity index (χ2v) is 6.75. The zero-order valence-corrected chi connectivity index (χ0v) is 13.4. The third kappa shape index (κ3) is 2.96. The lowest BCUT2D eigenvalue weighted by Crippen LogP contribution is -2.41. The van der Waals surface area contributed by atoms with E-state index >= 15 is 0 Å². The molecule has 1 aliphatic heterocycles. The normalized spacial score (nSPS) is 13.7. The van der Waals surface area contributed by atoms with E-state index in [9.17, 15) is 18.0 Å². The first-order chi connectivity index (χ1) is 11.4. The zero-order valence-electron chi connectivity index (χ0n) is 12.6. The number of anilines is 1. The number of amides is 2. The predicted octanol–water partition coefficient (Wildman–Crippen LogP) is -0.381.